The second-order valence-corrected chi connectivity index (χ2v) is 9.13. The molecule has 1 aromatic rings. The van der Waals surface area contributed by atoms with Crippen LogP contribution in [0.4, 0.5) is 9.59 Å². The summed E-state index contributed by atoms with van der Waals surface area (Å²) in [5.41, 5.74) is -0.00534. The quantitative estimate of drug-likeness (QED) is 0.802. The van der Waals surface area contributed by atoms with Crippen molar-refractivity contribution in [1.29, 1.82) is 5.26 Å². The topological polar surface area (TPSA) is 116 Å². The van der Waals surface area contributed by atoms with Gasteiger partial charge in [0.25, 0.3) is 0 Å². The van der Waals surface area contributed by atoms with E-state index in [9.17, 15) is 20.0 Å². The molecular formula is C21H30N4O5. The molecule has 0 spiro atoms. The zero-order valence-electron chi connectivity index (χ0n) is 18.4. The van der Waals surface area contributed by atoms with Crippen molar-refractivity contribution in [2.75, 3.05) is 19.7 Å². The predicted octanol–water partition coefficient (Wildman–Crippen LogP) is 2.97. The molecule has 2 rings (SSSR count). The number of fused-ring (bicyclic) bond motifs is 1. The van der Waals surface area contributed by atoms with Crippen LogP contribution in [0.25, 0.3) is 0 Å². The molecule has 164 valence electrons. The summed E-state index contributed by atoms with van der Waals surface area (Å²) < 4.78 is 11.0. The van der Waals surface area contributed by atoms with Crippen LogP contribution in [0.1, 0.15) is 64.5 Å². The molecule has 0 saturated carbocycles. The molecule has 0 radical (unpaired) electrons. The number of pyridine rings is 1. The van der Waals surface area contributed by atoms with E-state index in [0.717, 1.165) is 0 Å². The first-order valence-corrected chi connectivity index (χ1v) is 9.83. The lowest BCUT2D eigenvalue weighted by Crippen LogP contribution is -2.49. The fourth-order valence-electron chi connectivity index (χ4n) is 3.07. The third-order valence-corrected chi connectivity index (χ3v) is 4.19. The summed E-state index contributed by atoms with van der Waals surface area (Å²) >= 11 is 0. The van der Waals surface area contributed by atoms with Crippen LogP contribution in [0, 0.1) is 11.3 Å². The van der Waals surface area contributed by atoms with E-state index >= 15 is 0 Å². The first-order chi connectivity index (χ1) is 13.8. The Balaban J connectivity index is 2.46. The van der Waals surface area contributed by atoms with Gasteiger partial charge >= 0.3 is 12.2 Å². The van der Waals surface area contributed by atoms with E-state index in [1.54, 1.807) is 53.7 Å². The van der Waals surface area contributed by atoms with Gasteiger partial charge in [-0.3, -0.25) is 4.90 Å². The Kier molecular flexibility index (Phi) is 6.93. The Hall–Kier alpha value is -2.86. The molecule has 1 aliphatic rings. The maximum absolute atomic E-state index is 12.9. The Bertz CT molecular complexity index is 835. The lowest BCUT2D eigenvalue weighted by atomic mass is 9.99. The Labute approximate surface area is 177 Å². The zero-order valence-corrected chi connectivity index (χ0v) is 18.4. The number of hydrogen-bond donors (Lipinski definition) is 1. The van der Waals surface area contributed by atoms with Gasteiger partial charge in [-0.1, -0.05) is 6.07 Å². The SMILES string of the molecule is CC(C)(C)OC(=O)N1Cc2ccc(C#N)nc2C(N(CCO)C(=O)OC(C)(C)C)C1. The summed E-state index contributed by atoms with van der Waals surface area (Å²) in [4.78, 5) is 32.8. The number of carbonyl (C=O) groups is 2. The highest BCUT2D eigenvalue weighted by molar-refractivity contribution is 5.71. The van der Waals surface area contributed by atoms with E-state index in [4.69, 9.17) is 9.47 Å². The number of aliphatic hydroxyl groups excluding tert-OH is 1. The van der Waals surface area contributed by atoms with Crippen LogP contribution in [-0.4, -0.2) is 63.0 Å². The summed E-state index contributed by atoms with van der Waals surface area (Å²) in [6, 6.07) is 4.59. The van der Waals surface area contributed by atoms with Crippen LogP contribution in [0.5, 0.6) is 0 Å². The maximum atomic E-state index is 12.9. The van der Waals surface area contributed by atoms with Gasteiger partial charge in [0, 0.05) is 6.54 Å². The van der Waals surface area contributed by atoms with E-state index < -0.39 is 29.4 Å². The van der Waals surface area contributed by atoms with Crippen LogP contribution >= 0.6 is 0 Å². The minimum absolute atomic E-state index is 0.0142. The molecule has 1 atom stereocenters. The van der Waals surface area contributed by atoms with Crippen LogP contribution in [0.2, 0.25) is 0 Å². The Morgan fingerprint density at radius 3 is 2.40 bits per heavy atom. The van der Waals surface area contributed by atoms with Crippen molar-refractivity contribution in [3.8, 4) is 6.07 Å². The number of rotatable bonds is 3. The lowest BCUT2D eigenvalue weighted by molar-refractivity contribution is -0.00535. The van der Waals surface area contributed by atoms with Crippen molar-refractivity contribution < 1.29 is 24.2 Å². The van der Waals surface area contributed by atoms with E-state index in [0.29, 0.717) is 11.3 Å². The third kappa shape index (κ3) is 6.07. The van der Waals surface area contributed by atoms with Crippen LogP contribution < -0.4 is 0 Å². The van der Waals surface area contributed by atoms with Crippen LogP contribution in [-0.2, 0) is 16.0 Å². The number of nitriles is 1. The van der Waals surface area contributed by atoms with Crippen molar-refractivity contribution in [3.05, 3.63) is 29.1 Å². The summed E-state index contributed by atoms with van der Waals surface area (Å²) in [5, 5.41) is 18.8. The van der Waals surface area contributed by atoms with Crippen molar-refractivity contribution >= 4 is 12.2 Å². The molecule has 0 aromatic carbocycles. The summed E-state index contributed by atoms with van der Waals surface area (Å²) in [6.45, 7) is 10.6. The van der Waals surface area contributed by atoms with Gasteiger partial charge in [-0.2, -0.15) is 5.26 Å². The minimum Gasteiger partial charge on any atom is -0.444 e. The standard InChI is InChI=1S/C21H30N4O5/c1-20(2,3)29-18(27)24-12-14-7-8-15(11-22)23-17(14)16(13-24)25(9-10-26)19(28)30-21(4,5)6/h7-8,16,26H,9-10,12-13H2,1-6H3. The molecule has 0 aliphatic carbocycles. The number of hydrogen-bond acceptors (Lipinski definition) is 7. The third-order valence-electron chi connectivity index (χ3n) is 4.19. The molecule has 1 aromatic heterocycles. The Morgan fingerprint density at radius 1 is 1.23 bits per heavy atom. The lowest BCUT2D eigenvalue weighted by Gasteiger charge is -2.40. The molecule has 1 aliphatic heterocycles. The molecule has 9 nitrogen and oxygen atoms in total. The number of aromatic nitrogens is 1. The van der Waals surface area contributed by atoms with Gasteiger partial charge in [-0.05, 0) is 53.2 Å². The number of ether oxygens (including phenoxy) is 2. The van der Waals surface area contributed by atoms with E-state index in [-0.39, 0.29) is 31.9 Å². The highest BCUT2D eigenvalue weighted by Crippen LogP contribution is 2.32. The summed E-state index contributed by atoms with van der Waals surface area (Å²) in [6.07, 6.45) is -1.15. The van der Waals surface area contributed by atoms with Gasteiger partial charge in [0.15, 0.2) is 0 Å². The van der Waals surface area contributed by atoms with E-state index in [1.165, 1.54) is 9.80 Å². The number of aliphatic hydroxyl groups is 1. The molecule has 0 bridgehead atoms. The number of amides is 2. The molecule has 30 heavy (non-hydrogen) atoms. The maximum Gasteiger partial charge on any atom is 0.411 e. The predicted molar refractivity (Wildman–Crippen MR) is 108 cm³/mol. The van der Waals surface area contributed by atoms with Crippen molar-refractivity contribution in [3.63, 3.8) is 0 Å². The average molecular weight is 418 g/mol. The van der Waals surface area contributed by atoms with Crippen LogP contribution in [0.15, 0.2) is 12.1 Å². The van der Waals surface area contributed by atoms with Gasteiger partial charge < -0.3 is 19.5 Å². The number of nitrogens with zero attached hydrogens (tertiary/aromatic N) is 4. The molecular weight excluding hydrogens is 388 g/mol. The second-order valence-electron chi connectivity index (χ2n) is 9.13. The van der Waals surface area contributed by atoms with E-state index in [2.05, 4.69) is 4.98 Å². The van der Waals surface area contributed by atoms with Gasteiger partial charge in [0.2, 0.25) is 0 Å². The number of carbonyl (C=O) groups excluding carboxylic acids is 2. The molecule has 1 N–H and O–H groups in total. The fraction of sp³-hybridized carbons (Fsp3) is 0.619. The van der Waals surface area contributed by atoms with Crippen LogP contribution in [0.3, 0.4) is 0 Å². The normalized spacial score (nSPS) is 16.3. The smallest absolute Gasteiger partial charge is 0.411 e. The molecule has 2 amide bonds. The molecule has 9 heteroatoms. The van der Waals surface area contributed by atoms with Gasteiger partial charge in [-0.25, -0.2) is 14.6 Å². The average Bonchev–Trinajstić information content (AvgIpc) is 2.62. The zero-order chi connectivity index (χ0) is 22.7. The highest BCUT2D eigenvalue weighted by Gasteiger charge is 2.38. The molecule has 0 fully saturated rings. The van der Waals surface area contributed by atoms with Crippen molar-refractivity contribution in [2.24, 2.45) is 0 Å². The molecule has 2 heterocycles. The van der Waals surface area contributed by atoms with E-state index in [1.807, 2.05) is 6.07 Å². The van der Waals surface area contributed by atoms with Crippen molar-refractivity contribution in [1.82, 2.24) is 14.8 Å². The minimum atomic E-state index is -0.741. The first kappa shape index (κ1) is 23.4. The molecule has 0 saturated heterocycles. The largest absolute Gasteiger partial charge is 0.444 e. The Morgan fingerprint density at radius 2 is 1.87 bits per heavy atom. The van der Waals surface area contributed by atoms with Gasteiger partial charge in [-0.15, -0.1) is 0 Å². The van der Waals surface area contributed by atoms with Gasteiger partial charge in [0.1, 0.15) is 23.0 Å². The fourth-order valence-corrected chi connectivity index (χ4v) is 3.07. The summed E-state index contributed by atoms with van der Waals surface area (Å²) in [7, 11) is 0. The highest BCUT2D eigenvalue weighted by atomic mass is 16.6. The van der Waals surface area contributed by atoms with Crippen molar-refractivity contribution in [2.45, 2.75) is 65.3 Å². The first-order valence-electron chi connectivity index (χ1n) is 9.83. The monoisotopic (exact) mass is 418 g/mol. The van der Waals surface area contributed by atoms with Gasteiger partial charge in [0.05, 0.1) is 31.4 Å². The summed E-state index contributed by atoms with van der Waals surface area (Å²) in [5.74, 6) is 0. The second kappa shape index (κ2) is 8.88. The molecule has 1 unspecified atom stereocenters.